The van der Waals surface area contributed by atoms with E-state index in [1.807, 2.05) is 0 Å². The number of allylic oxidation sites excluding steroid dienone is 5. The van der Waals surface area contributed by atoms with Gasteiger partial charge in [0.2, 0.25) is 0 Å². The van der Waals surface area contributed by atoms with Crippen molar-refractivity contribution in [3.63, 3.8) is 0 Å². The summed E-state index contributed by atoms with van der Waals surface area (Å²) in [6.45, 7) is 1.13. The number of hydrogen-bond donors (Lipinski definition) is 1. The number of rotatable bonds is 0. The van der Waals surface area contributed by atoms with Crippen LogP contribution in [0.15, 0.2) is 36.1 Å². The highest BCUT2D eigenvalue weighted by Crippen LogP contribution is 2.21. The summed E-state index contributed by atoms with van der Waals surface area (Å²) >= 11 is 0. The lowest BCUT2D eigenvalue weighted by Gasteiger charge is -2.01. The first-order valence-electron chi connectivity index (χ1n) is 3.76. The zero-order valence-electron chi connectivity index (χ0n) is 5.88. The first kappa shape index (κ1) is 5.78. The lowest BCUT2D eigenvalue weighted by Crippen LogP contribution is -2.04. The molecule has 0 radical (unpaired) electrons. The summed E-state index contributed by atoms with van der Waals surface area (Å²) in [5, 5.41) is 3.36. The Kier molecular flexibility index (Phi) is 1.35. The van der Waals surface area contributed by atoms with Gasteiger partial charge in [0.25, 0.3) is 0 Å². The van der Waals surface area contributed by atoms with E-state index < -0.39 is 0 Å². The largest absolute Gasteiger partial charge is 0.388 e. The van der Waals surface area contributed by atoms with Gasteiger partial charge >= 0.3 is 0 Å². The number of hydrogen-bond acceptors (Lipinski definition) is 1. The lowest BCUT2D eigenvalue weighted by atomic mass is 10.1. The SMILES string of the molecule is C1=CC=C2NCCC2C=C1. The summed E-state index contributed by atoms with van der Waals surface area (Å²) in [6.07, 6.45) is 12.0. The van der Waals surface area contributed by atoms with E-state index in [4.69, 9.17) is 0 Å². The minimum absolute atomic E-state index is 0.662. The molecule has 1 heteroatoms. The second-order valence-corrected chi connectivity index (χ2v) is 2.71. The fraction of sp³-hybridized carbons (Fsp3) is 0.333. The van der Waals surface area contributed by atoms with Crippen molar-refractivity contribution >= 4 is 0 Å². The number of nitrogens with one attached hydrogen (secondary N) is 1. The summed E-state index contributed by atoms with van der Waals surface area (Å²) < 4.78 is 0. The summed E-state index contributed by atoms with van der Waals surface area (Å²) in [4.78, 5) is 0. The van der Waals surface area contributed by atoms with Gasteiger partial charge in [-0.1, -0.05) is 24.3 Å². The van der Waals surface area contributed by atoms with Crippen LogP contribution in [0.5, 0.6) is 0 Å². The van der Waals surface area contributed by atoms with Crippen LogP contribution < -0.4 is 5.32 Å². The normalized spacial score (nSPS) is 28.8. The van der Waals surface area contributed by atoms with Crippen LogP contribution >= 0.6 is 0 Å². The average molecular weight is 133 g/mol. The smallest absolute Gasteiger partial charge is 0.0186 e. The van der Waals surface area contributed by atoms with Crippen LogP contribution in [0.25, 0.3) is 0 Å². The third kappa shape index (κ3) is 0.878. The average Bonchev–Trinajstić information content (AvgIpc) is 2.28. The molecule has 0 spiro atoms. The van der Waals surface area contributed by atoms with Crippen LogP contribution in [0.3, 0.4) is 0 Å². The van der Waals surface area contributed by atoms with Gasteiger partial charge in [-0.05, 0) is 12.5 Å². The molecule has 1 saturated heterocycles. The van der Waals surface area contributed by atoms with Crippen LogP contribution in [-0.4, -0.2) is 6.54 Å². The van der Waals surface area contributed by atoms with Crippen molar-refractivity contribution in [2.75, 3.05) is 6.54 Å². The summed E-state index contributed by atoms with van der Waals surface area (Å²) in [5.41, 5.74) is 1.38. The molecule has 0 aromatic carbocycles. The minimum atomic E-state index is 0.662. The Hall–Kier alpha value is -0.980. The summed E-state index contributed by atoms with van der Waals surface area (Å²) in [7, 11) is 0. The van der Waals surface area contributed by atoms with Gasteiger partial charge in [0.15, 0.2) is 0 Å². The molecule has 0 aromatic rings. The Morgan fingerprint density at radius 1 is 1.30 bits per heavy atom. The van der Waals surface area contributed by atoms with Crippen LogP contribution in [0.4, 0.5) is 0 Å². The second-order valence-electron chi connectivity index (χ2n) is 2.71. The van der Waals surface area contributed by atoms with Crippen molar-refractivity contribution in [2.24, 2.45) is 5.92 Å². The maximum absolute atomic E-state index is 3.36. The Bertz CT molecular complexity index is 211. The van der Waals surface area contributed by atoms with E-state index in [2.05, 4.69) is 35.7 Å². The Morgan fingerprint density at radius 2 is 2.30 bits per heavy atom. The molecule has 1 heterocycles. The highest BCUT2D eigenvalue weighted by atomic mass is 14.9. The minimum Gasteiger partial charge on any atom is -0.388 e. The maximum Gasteiger partial charge on any atom is 0.0186 e. The van der Waals surface area contributed by atoms with Crippen LogP contribution in [-0.2, 0) is 0 Å². The van der Waals surface area contributed by atoms with Crippen molar-refractivity contribution in [3.8, 4) is 0 Å². The van der Waals surface area contributed by atoms with Gasteiger partial charge in [-0.25, -0.2) is 0 Å². The van der Waals surface area contributed by atoms with E-state index in [1.54, 1.807) is 0 Å². The number of fused-ring (bicyclic) bond motifs is 1. The highest BCUT2D eigenvalue weighted by Gasteiger charge is 2.16. The van der Waals surface area contributed by atoms with E-state index in [0.29, 0.717) is 5.92 Å². The predicted molar refractivity (Wildman–Crippen MR) is 42.5 cm³/mol. The molecule has 0 aromatic heterocycles. The van der Waals surface area contributed by atoms with Crippen molar-refractivity contribution in [1.82, 2.24) is 5.32 Å². The van der Waals surface area contributed by atoms with Crippen LogP contribution in [0.1, 0.15) is 6.42 Å². The van der Waals surface area contributed by atoms with Crippen molar-refractivity contribution in [2.45, 2.75) is 6.42 Å². The zero-order chi connectivity index (χ0) is 6.81. The molecule has 1 aliphatic carbocycles. The third-order valence-electron chi connectivity index (χ3n) is 2.03. The monoisotopic (exact) mass is 133 g/mol. The van der Waals surface area contributed by atoms with Gasteiger partial charge < -0.3 is 5.32 Å². The predicted octanol–water partition coefficient (Wildman–Crippen LogP) is 1.61. The summed E-state index contributed by atoms with van der Waals surface area (Å²) in [5.74, 6) is 0.662. The highest BCUT2D eigenvalue weighted by molar-refractivity contribution is 5.27. The third-order valence-corrected chi connectivity index (χ3v) is 2.03. The molecule has 1 unspecified atom stereocenters. The van der Waals surface area contributed by atoms with Crippen LogP contribution in [0, 0.1) is 5.92 Å². The fourth-order valence-electron chi connectivity index (χ4n) is 1.46. The van der Waals surface area contributed by atoms with E-state index in [1.165, 1.54) is 12.1 Å². The van der Waals surface area contributed by atoms with Crippen molar-refractivity contribution in [3.05, 3.63) is 36.1 Å². The molecule has 0 saturated carbocycles. The maximum atomic E-state index is 3.36. The first-order chi connectivity index (χ1) is 4.97. The van der Waals surface area contributed by atoms with Gasteiger partial charge in [-0.15, -0.1) is 0 Å². The van der Waals surface area contributed by atoms with Gasteiger partial charge in [0.1, 0.15) is 0 Å². The van der Waals surface area contributed by atoms with E-state index >= 15 is 0 Å². The molecule has 2 rings (SSSR count). The zero-order valence-corrected chi connectivity index (χ0v) is 5.88. The Labute approximate surface area is 61.1 Å². The van der Waals surface area contributed by atoms with E-state index in [9.17, 15) is 0 Å². The lowest BCUT2D eigenvalue weighted by molar-refractivity contribution is 0.797. The first-order valence-corrected chi connectivity index (χ1v) is 3.76. The topological polar surface area (TPSA) is 12.0 Å². The Morgan fingerprint density at radius 3 is 3.30 bits per heavy atom. The van der Waals surface area contributed by atoms with Gasteiger partial charge in [0.05, 0.1) is 0 Å². The molecule has 1 aliphatic heterocycles. The molecule has 0 bridgehead atoms. The quantitative estimate of drug-likeness (QED) is 0.529. The molecule has 1 N–H and O–H groups in total. The van der Waals surface area contributed by atoms with Gasteiger partial charge in [-0.3, -0.25) is 0 Å². The molecule has 0 amide bonds. The molecule has 10 heavy (non-hydrogen) atoms. The summed E-state index contributed by atoms with van der Waals surface area (Å²) in [6, 6.07) is 0. The van der Waals surface area contributed by atoms with Crippen LogP contribution in [0.2, 0.25) is 0 Å². The van der Waals surface area contributed by atoms with Gasteiger partial charge in [-0.2, -0.15) is 0 Å². The fourth-order valence-corrected chi connectivity index (χ4v) is 1.46. The molecule has 1 nitrogen and oxygen atoms in total. The van der Waals surface area contributed by atoms with Gasteiger partial charge in [0, 0.05) is 18.2 Å². The van der Waals surface area contributed by atoms with Crippen molar-refractivity contribution < 1.29 is 0 Å². The van der Waals surface area contributed by atoms with E-state index in [-0.39, 0.29) is 0 Å². The molecule has 52 valence electrons. The van der Waals surface area contributed by atoms with E-state index in [0.717, 1.165) is 6.54 Å². The molecular weight excluding hydrogens is 122 g/mol. The Balaban J connectivity index is 2.29. The van der Waals surface area contributed by atoms with Crippen molar-refractivity contribution in [1.29, 1.82) is 0 Å². The standard InChI is InChI=1S/C9H11N/c1-2-4-8-6-7-10-9(8)5-3-1/h1-5,8,10H,6-7H2. The molecule has 1 fully saturated rings. The second kappa shape index (κ2) is 2.33. The molecule has 2 aliphatic rings. The molecular formula is C9H11N. The molecule has 1 atom stereocenters.